The highest BCUT2D eigenvalue weighted by atomic mass is 35.5. The van der Waals surface area contributed by atoms with Crippen LogP contribution < -0.4 is 5.32 Å². The number of hydrogen-bond acceptors (Lipinski definition) is 3. The van der Waals surface area contributed by atoms with Crippen LogP contribution in [0.4, 0.5) is 4.39 Å². The molecule has 0 saturated heterocycles. The molecule has 2 rings (SSSR count). The van der Waals surface area contributed by atoms with E-state index in [9.17, 15) is 4.39 Å². The van der Waals surface area contributed by atoms with Gasteiger partial charge in [-0.05, 0) is 32.9 Å². The van der Waals surface area contributed by atoms with E-state index in [4.69, 9.17) is 11.6 Å². The van der Waals surface area contributed by atoms with Crippen molar-refractivity contribution in [3.63, 3.8) is 0 Å². The number of aromatic nitrogens is 1. The molecule has 1 heterocycles. The van der Waals surface area contributed by atoms with Gasteiger partial charge >= 0.3 is 0 Å². The maximum atomic E-state index is 14.3. The van der Waals surface area contributed by atoms with Gasteiger partial charge in [-0.2, -0.15) is 0 Å². The number of hydrogen-bond donors (Lipinski definition) is 1. The van der Waals surface area contributed by atoms with Gasteiger partial charge in [0.1, 0.15) is 10.8 Å². The Hall–Kier alpha value is -0.970. The zero-order valence-electron chi connectivity index (χ0n) is 11.8. The summed E-state index contributed by atoms with van der Waals surface area (Å²) in [5.74, 6) is -0.367. The minimum Gasteiger partial charge on any atom is -0.304 e. The molecule has 1 unspecified atom stereocenters. The van der Waals surface area contributed by atoms with E-state index < -0.39 is 0 Å². The first-order chi connectivity index (χ1) is 9.54. The van der Waals surface area contributed by atoms with Gasteiger partial charge < -0.3 is 5.32 Å². The molecule has 1 aromatic carbocycles. The van der Waals surface area contributed by atoms with Gasteiger partial charge in [0, 0.05) is 10.4 Å². The lowest BCUT2D eigenvalue weighted by Gasteiger charge is -2.17. The third-order valence-electron chi connectivity index (χ3n) is 3.18. The summed E-state index contributed by atoms with van der Waals surface area (Å²) in [5.41, 5.74) is 1.55. The highest BCUT2D eigenvalue weighted by Gasteiger charge is 2.22. The van der Waals surface area contributed by atoms with Crippen molar-refractivity contribution in [1.82, 2.24) is 10.3 Å². The van der Waals surface area contributed by atoms with E-state index in [0.717, 1.165) is 28.5 Å². The number of rotatable bonds is 5. The van der Waals surface area contributed by atoms with E-state index >= 15 is 0 Å². The number of benzene rings is 1. The minimum absolute atomic E-state index is 0.149. The molecule has 0 aliphatic carbocycles. The Morgan fingerprint density at radius 3 is 2.75 bits per heavy atom. The first-order valence-electron chi connectivity index (χ1n) is 6.65. The predicted molar refractivity (Wildman–Crippen MR) is 83.1 cm³/mol. The van der Waals surface area contributed by atoms with Gasteiger partial charge in [0.2, 0.25) is 0 Å². The van der Waals surface area contributed by atoms with Crippen LogP contribution in [0, 0.1) is 19.7 Å². The summed E-state index contributed by atoms with van der Waals surface area (Å²) in [5, 5.41) is 4.39. The van der Waals surface area contributed by atoms with Crippen LogP contribution >= 0.6 is 22.9 Å². The predicted octanol–water partition coefficient (Wildman–Crippen LogP) is 4.64. The van der Waals surface area contributed by atoms with Crippen LogP contribution in [0.3, 0.4) is 0 Å². The third-order valence-corrected chi connectivity index (χ3v) is 4.61. The summed E-state index contributed by atoms with van der Waals surface area (Å²) in [6.45, 7) is 6.88. The molecule has 0 amide bonds. The molecule has 0 fully saturated rings. The molecular formula is C15H18ClFN2S. The highest BCUT2D eigenvalue weighted by Crippen LogP contribution is 2.31. The van der Waals surface area contributed by atoms with Crippen molar-refractivity contribution in [1.29, 1.82) is 0 Å². The van der Waals surface area contributed by atoms with Crippen LogP contribution in [0.5, 0.6) is 0 Å². The molecule has 108 valence electrons. The number of thiazole rings is 1. The molecule has 0 spiro atoms. The molecule has 1 N–H and O–H groups in total. The molecule has 0 radical (unpaired) electrons. The summed E-state index contributed by atoms with van der Waals surface area (Å²) in [6.07, 6.45) is 0.974. The molecule has 0 aliphatic rings. The molecule has 0 aliphatic heterocycles. The standard InChI is InChI=1S/C15H18ClFN2S/c1-4-8-18-14(15-19-9(2)10(3)20-15)11-6-5-7-12(16)13(11)17/h5-7,14,18H,4,8H2,1-3H3. The first-order valence-corrected chi connectivity index (χ1v) is 7.85. The molecule has 0 bridgehead atoms. The van der Waals surface area contributed by atoms with Gasteiger partial charge in [-0.15, -0.1) is 11.3 Å². The lowest BCUT2D eigenvalue weighted by atomic mass is 10.1. The van der Waals surface area contributed by atoms with Gasteiger partial charge in [0.05, 0.1) is 16.8 Å². The highest BCUT2D eigenvalue weighted by molar-refractivity contribution is 7.11. The van der Waals surface area contributed by atoms with E-state index in [1.807, 2.05) is 13.8 Å². The number of nitrogens with zero attached hydrogens (tertiary/aromatic N) is 1. The van der Waals surface area contributed by atoms with Gasteiger partial charge in [-0.1, -0.05) is 30.7 Å². The van der Waals surface area contributed by atoms with Gasteiger partial charge in [0.15, 0.2) is 0 Å². The van der Waals surface area contributed by atoms with Gasteiger partial charge in [-0.3, -0.25) is 0 Å². The molecular weight excluding hydrogens is 295 g/mol. The van der Waals surface area contributed by atoms with Crippen molar-refractivity contribution in [2.45, 2.75) is 33.2 Å². The maximum absolute atomic E-state index is 14.3. The van der Waals surface area contributed by atoms with Crippen molar-refractivity contribution >= 4 is 22.9 Å². The van der Waals surface area contributed by atoms with E-state index in [2.05, 4.69) is 17.2 Å². The van der Waals surface area contributed by atoms with Crippen LogP contribution in [0.15, 0.2) is 18.2 Å². The zero-order valence-corrected chi connectivity index (χ0v) is 13.4. The summed E-state index contributed by atoms with van der Waals surface area (Å²) in [6, 6.07) is 4.86. The quantitative estimate of drug-likeness (QED) is 0.870. The molecule has 1 atom stereocenters. The Balaban J connectivity index is 2.44. The summed E-state index contributed by atoms with van der Waals surface area (Å²) in [4.78, 5) is 5.71. The normalized spacial score (nSPS) is 12.7. The lowest BCUT2D eigenvalue weighted by molar-refractivity contribution is 0.545. The second-order valence-corrected chi connectivity index (χ2v) is 6.37. The Kier molecular flexibility index (Phi) is 5.13. The lowest BCUT2D eigenvalue weighted by Crippen LogP contribution is -2.24. The monoisotopic (exact) mass is 312 g/mol. The maximum Gasteiger partial charge on any atom is 0.146 e. The van der Waals surface area contributed by atoms with Crippen LogP contribution in [0.25, 0.3) is 0 Å². The van der Waals surface area contributed by atoms with Gasteiger partial charge in [-0.25, -0.2) is 9.37 Å². The average molecular weight is 313 g/mol. The minimum atomic E-state index is -0.367. The van der Waals surface area contributed by atoms with E-state index in [0.29, 0.717) is 5.56 Å². The third kappa shape index (κ3) is 3.19. The van der Waals surface area contributed by atoms with Crippen molar-refractivity contribution in [3.05, 3.63) is 50.2 Å². The van der Waals surface area contributed by atoms with Crippen LogP contribution in [0.1, 0.15) is 40.5 Å². The topological polar surface area (TPSA) is 24.9 Å². The number of halogens is 2. The molecule has 0 saturated carbocycles. The Bertz CT molecular complexity index is 578. The van der Waals surface area contributed by atoms with Gasteiger partial charge in [0.25, 0.3) is 0 Å². The molecule has 2 aromatic rings. The Labute approximate surface area is 128 Å². The molecule has 1 aromatic heterocycles. The zero-order chi connectivity index (χ0) is 14.7. The molecule has 20 heavy (non-hydrogen) atoms. The van der Waals surface area contributed by atoms with Crippen LogP contribution in [-0.4, -0.2) is 11.5 Å². The summed E-state index contributed by atoms with van der Waals surface area (Å²) in [7, 11) is 0. The van der Waals surface area contributed by atoms with Crippen LogP contribution in [-0.2, 0) is 0 Å². The van der Waals surface area contributed by atoms with Crippen molar-refractivity contribution in [2.24, 2.45) is 0 Å². The van der Waals surface area contributed by atoms with Crippen molar-refractivity contribution < 1.29 is 4.39 Å². The SMILES string of the molecule is CCCNC(c1nc(C)c(C)s1)c1cccc(Cl)c1F. The first kappa shape index (κ1) is 15.4. The van der Waals surface area contributed by atoms with Crippen LogP contribution in [0.2, 0.25) is 5.02 Å². The van der Waals surface area contributed by atoms with E-state index in [1.165, 1.54) is 0 Å². The second kappa shape index (κ2) is 6.66. The Morgan fingerprint density at radius 1 is 1.40 bits per heavy atom. The summed E-state index contributed by atoms with van der Waals surface area (Å²) < 4.78 is 14.3. The van der Waals surface area contributed by atoms with E-state index in [1.54, 1.807) is 29.5 Å². The number of aryl methyl sites for hydroxylation is 2. The largest absolute Gasteiger partial charge is 0.304 e. The fraction of sp³-hybridized carbons (Fsp3) is 0.400. The molecule has 5 heteroatoms. The average Bonchev–Trinajstić information content (AvgIpc) is 2.74. The van der Waals surface area contributed by atoms with E-state index in [-0.39, 0.29) is 16.9 Å². The smallest absolute Gasteiger partial charge is 0.146 e. The van der Waals surface area contributed by atoms with Crippen molar-refractivity contribution in [3.8, 4) is 0 Å². The molecule has 2 nitrogen and oxygen atoms in total. The number of nitrogens with one attached hydrogen (secondary N) is 1. The second-order valence-electron chi connectivity index (χ2n) is 4.72. The fourth-order valence-corrected chi connectivity index (χ4v) is 3.18. The Morgan fingerprint density at radius 2 is 2.15 bits per heavy atom. The van der Waals surface area contributed by atoms with Crippen molar-refractivity contribution in [2.75, 3.05) is 6.54 Å². The summed E-state index contributed by atoms with van der Waals surface area (Å²) >= 11 is 7.50. The fourth-order valence-electron chi connectivity index (χ4n) is 1.98.